The Morgan fingerprint density at radius 1 is 1.15 bits per heavy atom. The number of aromatic nitrogens is 1. The maximum atomic E-state index is 12.9. The quantitative estimate of drug-likeness (QED) is 0.521. The van der Waals surface area contributed by atoms with E-state index in [0.29, 0.717) is 24.6 Å². The summed E-state index contributed by atoms with van der Waals surface area (Å²) in [6.07, 6.45) is 4.84. The van der Waals surface area contributed by atoms with E-state index >= 15 is 0 Å². The molecular formula is C25H34N2O4S2. The third kappa shape index (κ3) is 5.03. The lowest BCUT2D eigenvalue weighted by Gasteiger charge is -2.30. The Morgan fingerprint density at radius 3 is 2.45 bits per heavy atom. The van der Waals surface area contributed by atoms with Gasteiger partial charge in [0.25, 0.3) is 0 Å². The van der Waals surface area contributed by atoms with Gasteiger partial charge in [-0.3, -0.25) is 4.79 Å². The Balaban J connectivity index is 1.63. The molecule has 0 saturated carbocycles. The highest BCUT2D eigenvalue weighted by Crippen LogP contribution is 2.44. The Bertz CT molecular complexity index is 1130. The Kier molecular flexibility index (Phi) is 6.99. The number of carbonyl (C=O) groups is 1. The first-order valence-corrected chi connectivity index (χ1v) is 14.0. The van der Waals surface area contributed by atoms with Gasteiger partial charge in [-0.25, -0.2) is 8.42 Å². The number of carbonyl (C=O) groups excluding carboxylic acids is 1. The van der Waals surface area contributed by atoms with Gasteiger partial charge in [0.1, 0.15) is 6.54 Å². The van der Waals surface area contributed by atoms with Crippen molar-refractivity contribution >= 4 is 27.8 Å². The number of hydrogen-bond donors (Lipinski definition) is 0. The number of fused-ring (bicyclic) bond motifs is 1. The molecule has 0 bridgehead atoms. The second-order valence-electron chi connectivity index (χ2n) is 9.76. The molecule has 2 aliphatic rings. The summed E-state index contributed by atoms with van der Waals surface area (Å²) in [4.78, 5) is 14.8. The Labute approximate surface area is 201 Å². The first-order valence-electron chi connectivity index (χ1n) is 11.8. The molecule has 33 heavy (non-hydrogen) atoms. The maximum Gasteiger partial charge on any atom is 0.325 e. The normalized spacial score (nSPS) is 18.3. The summed E-state index contributed by atoms with van der Waals surface area (Å²) >= 11 is 1.66. The fourth-order valence-electron chi connectivity index (χ4n) is 4.89. The number of esters is 1. The van der Waals surface area contributed by atoms with Gasteiger partial charge in [0.05, 0.1) is 11.5 Å². The number of hydrogen-bond acceptors (Lipinski definition) is 5. The zero-order valence-corrected chi connectivity index (χ0v) is 21.7. The van der Waals surface area contributed by atoms with Crippen molar-refractivity contribution in [1.82, 2.24) is 8.87 Å². The van der Waals surface area contributed by atoms with Crippen molar-refractivity contribution in [3.63, 3.8) is 0 Å². The van der Waals surface area contributed by atoms with Crippen molar-refractivity contribution in [2.45, 2.75) is 81.0 Å². The van der Waals surface area contributed by atoms with Crippen molar-refractivity contribution in [3.8, 4) is 0 Å². The van der Waals surface area contributed by atoms with E-state index in [4.69, 9.17) is 4.74 Å². The van der Waals surface area contributed by atoms with E-state index in [1.807, 2.05) is 19.1 Å². The van der Waals surface area contributed by atoms with Crippen molar-refractivity contribution in [2.75, 3.05) is 19.7 Å². The second-order valence-corrected chi connectivity index (χ2v) is 12.8. The largest absolute Gasteiger partial charge is 0.465 e. The summed E-state index contributed by atoms with van der Waals surface area (Å²) in [5.74, 6) is -0.212. The van der Waals surface area contributed by atoms with E-state index in [0.717, 1.165) is 42.7 Å². The molecule has 0 spiro atoms. The summed E-state index contributed by atoms with van der Waals surface area (Å²) in [5, 5.41) is 0. The van der Waals surface area contributed by atoms with Crippen molar-refractivity contribution in [3.05, 3.63) is 41.2 Å². The molecule has 6 nitrogen and oxygen atoms in total. The molecule has 0 amide bonds. The van der Waals surface area contributed by atoms with Crippen LogP contribution in [0.5, 0.6) is 0 Å². The van der Waals surface area contributed by atoms with Crippen LogP contribution in [0.2, 0.25) is 0 Å². The standard InChI is InChI=1S/C25H34N2O4S2/c1-5-31-23(28)17-27-18(2)24(21-16-25(3,4)13-12-22(21)27)32-19-8-10-20(11-9-19)33(29,30)26-14-6-7-15-26/h8-11H,5-7,12-17H2,1-4H3. The average Bonchev–Trinajstić information content (AvgIpc) is 3.38. The Hall–Kier alpha value is -1.77. The maximum absolute atomic E-state index is 12.9. The summed E-state index contributed by atoms with van der Waals surface area (Å²) in [6, 6.07) is 7.24. The first-order chi connectivity index (χ1) is 15.6. The monoisotopic (exact) mass is 490 g/mol. The number of benzene rings is 1. The molecule has 0 radical (unpaired) electrons. The molecule has 0 atom stereocenters. The predicted octanol–water partition coefficient (Wildman–Crippen LogP) is 4.81. The van der Waals surface area contributed by atoms with Crippen LogP contribution >= 0.6 is 11.8 Å². The minimum absolute atomic E-state index is 0.207. The van der Waals surface area contributed by atoms with E-state index in [2.05, 4.69) is 25.3 Å². The minimum atomic E-state index is -3.41. The van der Waals surface area contributed by atoms with Crippen LogP contribution in [0.3, 0.4) is 0 Å². The fourth-order valence-corrected chi connectivity index (χ4v) is 7.49. The van der Waals surface area contributed by atoms with Crippen LogP contribution in [0.1, 0.15) is 57.0 Å². The van der Waals surface area contributed by atoms with Crippen LogP contribution in [0.15, 0.2) is 39.0 Å². The van der Waals surface area contributed by atoms with E-state index in [1.165, 1.54) is 16.2 Å². The molecule has 1 aromatic heterocycles. The van der Waals surface area contributed by atoms with Gasteiger partial charge in [-0.15, -0.1) is 0 Å². The zero-order chi connectivity index (χ0) is 23.8. The molecule has 1 saturated heterocycles. The highest BCUT2D eigenvalue weighted by atomic mass is 32.2. The molecule has 8 heteroatoms. The average molecular weight is 491 g/mol. The first kappa shape index (κ1) is 24.4. The summed E-state index contributed by atoms with van der Waals surface area (Å²) < 4.78 is 34.6. The van der Waals surface area contributed by atoms with Gasteiger partial charge in [0, 0.05) is 34.3 Å². The van der Waals surface area contributed by atoms with Gasteiger partial charge >= 0.3 is 5.97 Å². The summed E-state index contributed by atoms with van der Waals surface area (Å²) in [5.41, 5.74) is 3.82. The molecule has 1 aliphatic carbocycles. The van der Waals surface area contributed by atoms with E-state index in [-0.39, 0.29) is 17.9 Å². The third-order valence-electron chi connectivity index (χ3n) is 6.71. The molecule has 1 aromatic carbocycles. The van der Waals surface area contributed by atoms with Crippen LogP contribution in [0.4, 0.5) is 0 Å². The molecular weight excluding hydrogens is 456 g/mol. The van der Waals surface area contributed by atoms with E-state index in [1.54, 1.807) is 28.2 Å². The predicted molar refractivity (Wildman–Crippen MR) is 130 cm³/mol. The topological polar surface area (TPSA) is 68.6 Å². The highest BCUT2D eigenvalue weighted by molar-refractivity contribution is 7.99. The number of rotatable bonds is 7. The van der Waals surface area contributed by atoms with Gasteiger partial charge in [-0.2, -0.15) is 4.31 Å². The smallest absolute Gasteiger partial charge is 0.325 e. The lowest BCUT2D eigenvalue weighted by molar-refractivity contribution is -0.143. The zero-order valence-electron chi connectivity index (χ0n) is 20.0. The molecule has 0 N–H and O–H groups in total. The van der Waals surface area contributed by atoms with Gasteiger partial charge in [0.15, 0.2) is 0 Å². The molecule has 4 rings (SSSR count). The van der Waals surface area contributed by atoms with Crippen LogP contribution in [-0.4, -0.2) is 43.0 Å². The second kappa shape index (κ2) is 9.47. The van der Waals surface area contributed by atoms with Crippen LogP contribution in [-0.2, 0) is 38.9 Å². The van der Waals surface area contributed by atoms with E-state index in [9.17, 15) is 13.2 Å². The molecule has 0 unspecified atom stereocenters. The molecule has 2 heterocycles. The number of ether oxygens (including phenoxy) is 1. The lowest BCUT2D eigenvalue weighted by atomic mass is 9.76. The fraction of sp³-hybridized carbons (Fsp3) is 0.560. The Morgan fingerprint density at radius 2 is 1.82 bits per heavy atom. The van der Waals surface area contributed by atoms with Crippen molar-refractivity contribution in [2.24, 2.45) is 5.41 Å². The van der Waals surface area contributed by atoms with Crippen molar-refractivity contribution in [1.29, 1.82) is 0 Å². The lowest BCUT2D eigenvalue weighted by Crippen LogP contribution is -2.27. The van der Waals surface area contributed by atoms with Gasteiger partial charge in [-0.05, 0) is 81.2 Å². The number of nitrogens with zero attached hydrogens (tertiary/aromatic N) is 2. The summed E-state index contributed by atoms with van der Waals surface area (Å²) in [6.45, 7) is 10.3. The summed E-state index contributed by atoms with van der Waals surface area (Å²) in [7, 11) is -3.41. The van der Waals surface area contributed by atoms with Crippen LogP contribution in [0.25, 0.3) is 0 Å². The molecule has 2 aromatic rings. The number of sulfonamides is 1. The molecule has 1 fully saturated rings. The van der Waals surface area contributed by atoms with Gasteiger partial charge in [0.2, 0.25) is 10.0 Å². The van der Waals surface area contributed by atoms with Gasteiger partial charge in [-0.1, -0.05) is 25.6 Å². The van der Waals surface area contributed by atoms with Gasteiger partial charge < -0.3 is 9.30 Å². The van der Waals surface area contributed by atoms with Crippen molar-refractivity contribution < 1.29 is 17.9 Å². The van der Waals surface area contributed by atoms with E-state index < -0.39 is 10.0 Å². The molecule has 180 valence electrons. The third-order valence-corrected chi connectivity index (χ3v) is 9.88. The highest BCUT2D eigenvalue weighted by Gasteiger charge is 2.33. The molecule has 1 aliphatic heterocycles. The van der Waals surface area contributed by atoms with Crippen LogP contribution < -0.4 is 0 Å². The SMILES string of the molecule is CCOC(=O)Cn1c(C)c(Sc2ccc(S(=O)(=O)N3CCCC3)cc2)c2c1CCC(C)(C)C2. The van der Waals surface area contributed by atoms with Crippen LogP contribution in [0, 0.1) is 12.3 Å². The minimum Gasteiger partial charge on any atom is -0.465 e.